The quantitative estimate of drug-likeness (QED) is 0.768. The molecule has 2 rings (SSSR count). The number of aryl methyl sites for hydroxylation is 2. The first-order chi connectivity index (χ1) is 9.23. The first kappa shape index (κ1) is 15.5. The lowest BCUT2D eigenvalue weighted by molar-refractivity contribution is 0.109. The monoisotopic (exact) mass is 307 g/mol. The Bertz CT molecular complexity index is 665. The zero-order chi connectivity index (χ0) is 15.1. The van der Waals surface area contributed by atoms with Crippen LogP contribution in [0, 0.1) is 13.8 Å². The number of pyridine rings is 1. The lowest BCUT2D eigenvalue weighted by Gasteiger charge is -2.14. The van der Waals surface area contributed by atoms with E-state index in [1.54, 1.807) is 0 Å². The molecule has 0 aliphatic carbocycles. The number of carbonyl (C=O) groups excluding carboxylic acids is 1. The average Bonchev–Trinajstić information content (AvgIpc) is 2.71. The summed E-state index contributed by atoms with van der Waals surface area (Å²) in [6.07, 6.45) is 0.983. The third-order valence-electron chi connectivity index (χ3n) is 3.23. The van der Waals surface area contributed by atoms with E-state index >= 15 is 0 Å². The Balaban J connectivity index is 2.49. The summed E-state index contributed by atoms with van der Waals surface area (Å²) in [4.78, 5) is 18.8. The molecule has 0 spiro atoms. The van der Waals surface area contributed by atoms with Gasteiger partial charge in [-0.3, -0.25) is 4.79 Å². The SMILES string of the molecule is CCc1c(C)nc2sc(C(=O)SC(C)(C)C)cc2c1C. The van der Waals surface area contributed by atoms with Gasteiger partial charge in [0.1, 0.15) is 4.83 Å². The maximum atomic E-state index is 12.3. The molecule has 0 unspecified atom stereocenters. The molecule has 2 heterocycles. The van der Waals surface area contributed by atoms with Crippen molar-refractivity contribution in [3.63, 3.8) is 0 Å². The molecule has 108 valence electrons. The third-order valence-corrected chi connectivity index (χ3v) is 5.40. The summed E-state index contributed by atoms with van der Waals surface area (Å²) in [6, 6.07) is 2.02. The highest BCUT2D eigenvalue weighted by Crippen LogP contribution is 2.34. The van der Waals surface area contributed by atoms with Gasteiger partial charge in [0.15, 0.2) is 0 Å². The number of nitrogens with zero attached hydrogens (tertiary/aromatic N) is 1. The van der Waals surface area contributed by atoms with Gasteiger partial charge in [-0.25, -0.2) is 4.98 Å². The molecule has 0 amide bonds. The minimum atomic E-state index is -0.0553. The molecule has 0 fully saturated rings. The van der Waals surface area contributed by atoms with Crippen LogP contribution in [-0.2, 0) is 6.42 Å². The molecule has 0 N–H and O–H groups in total. The van der Waals surface area contributed by atoms with Crippen LogP contribution in [0.5, 0.6) is 0 Å². The zero-order valence-corrected chi connectivity index (χ0v) is 14.6. The molecule has 0 aliphatic rings. The summed E-state index contributed by atoms with van der Waals surface area (Å²) in [5.41, 5.74) is 3.66. The predicted molar refractivity (Wildman–Crippen MR) is 90.1 cm³/mol. The maximum Gasteiger partial charge on any atom is 0.229 e. The van der Waals surface area contributed by atoms with Crippen LogP contribution in [0.25, 0.3) is 10.2 Å². The summed E-state index contributed by atoms with van der Waals surface area (Å²) in [5.74, 6) is 0. The first-order valence-electron chi connectivity index (χ1n) is 6.86. The smallest absolute Gasteiger partial charge is 0.229 e. The highest BCUT2D eigenvalue weighted by molar-refractivity contribution is 8.15. The topological polar surface area (TPSA) is 30.0 Å². The zero-order valence-electron chi connectivity index (χ0n) is 13.0. The number of fused-ring (bicyclic) bond motifs is 1. The molecule has 2 nitrogen and oxygen atoms in total. The molecule has 2 aromatic heterocycles. The molecule has 2 aromatic rings. The Labute approximate surface area is 129 Å². The van der Waals surface area contributed by atoms with E-state index in [2.05, 4.69) is 46.5 Å². The number of carbonyl (C=O) groups is 1. The fourth-order valence-electron chi connectivity index (χ4n) is 2.34. The van der Waals surface area contributed by atoms with Crippen LogP contribution in [0.15, 0.2) is 6.07 Å². The van der Waals surface area contributed by atoms with Gasteiger partial charge in [0.05, 0.1) is 4.88 Å². The second kappa shape index (κ2) is 5.49. The number of hydrogen-bond acceptors (Lipinski definition) is 4. The van der Waals surface area contributed by atoms with E-state index in [1.807, 2.05) is 6.07 Å². The van der Waals surface area contributed by atoms with Crippen molar-refractivity contribution in [3.05, 3.63) is 27.8 Å². The first-order valence-corrected chi connectivity index (χ1v) is 8.49. The predicted octanol–water partition coefficient (Wildman–Crippen LogP) is 5.15. The van der Waals surface area contributed by atoms with Gasteiger partial charge in [-0.15, -0.1) is 11.3 Å². The number of thioether (sulfide) groups is 1. The number of thiophene rings is 1. The largest absolute Gasteiger partial charge is 0.281 e. The van der Waals surface area contributed by atoms with Crippen molar-refractivity contribution in [1.29, 1.82) is 0 Å². The van der Waals surface area contributed by atoms with Crippen LogP contribution in [0.4, 0.5) is 0 Å². The standard InChI is InChI=1S/C16H21NOS2/c1-7-11-9(2)12-8-13(15(18)20-16(4,5)6)19-14(12)17-10(11)3/h8H,7H2,1-6H3. The molecule has 20 heavy (non-hydrogen) atoms. The highest BCUT2D eigenvalue weighted by atomic mass is 32.2. The molecule has 0 saturated heterocycles. The van der Waals surface area contributed by atoms with Crippen molar-refractivity contribution < 1.29 is 4.79 Å². The van der Waals surface area contributed by atoms with Crippen LogP contribution in [0.3, 0.4) is 0 Å². The van der Waals surface area contributed by atoms with Crippen LogP contribution in [-0.4, -0.2) is 14.8 Å². The normalized spacial score (nSPS) is 12.1. The van der Waals surface area contributed by atoms with Gasteiger partial charge < -0.3 is 0 Å². The second-order valence-electron chi connectivity index (χ2n) is 5.99. The molecular weight excluding hydrogens is 286 g/mol. The van der Waals surface area contributed by atoms with E-state index < -0.39 is 0 Å². The third kappa shape index (κ3) is 3.07. The summed E-state index contributed by atoms with van der Waals surface area (Å²) >= 11 is 2.90. The molecule has 0 saturated carbocycles. The van der Waals surface area contributed by atoms with Crippen molar-refractivity contribution in [3.8, 4) is 0 Å². The number of hydrogen-bond donors (Lipinski definition) is 0. The maximum absolute atomic E-state index is 12.3. The van der Waals surface area contributed by atoms with Crippen LogP contribution >= 0.6 is 23.1 Å². The van der Waals surface area contributed by atoms with E-state index in [9.17, 15) is 4.79 Å². The summed E-state index contributed by atoms with van der Waals surface area (Å²) < 4.78 is -0.0553. The van der Waals surface area contributed by atoms with Crippen molar-refractivity contribution in [1.82, 2.24) is 4.98 Å². The summed E-state index contributed by atoms with van der Waals surface area (Å²) in [6.45, 7) is 12.5. The Morgan fingerprint density at radius 2 is 2.00 bits per heavy atom. The Hall–Kier alpha value is -0.870. The molecular formula is C16H21NOS2. The van der Waals surface area contributed by atoms with Gasteiger partial charge in [-0.1, -0.05) is 39.5 Å². The van der Waals surface area contributed by atoms with Crippen molar-refractivity contribution in [2.45, 2.75) is 52.7 Å². The molecule has 0 aromatic carbocycles. The van der Waals surface area contributed by atoms with E-state index in [-0.39, 0.29) is 9.86 Å². The lowest BCUT2D eigenvalue weighted by atomic mass is 10.0. The fourth-order valence-corrected chi connectivity index (χ4v) is 4.28. The Kier molecular flexibility index (Phi) is 4.26. The molecule has 4 heteroatoms. The van der Waals surface area contributed by atoms with Crippen LogP contribution in [0.1, 0.15) is 54.2 Å². The molecule has 0 aliphatic heterocycles. The van der Waals surface area contributed by atoms with Crippen molar-refractivity contribution >= 4 is 38.4 Å². The van der Waals surface area contributed by atoms with Gasteiger partial charge in [-0.05, 0) is 37.5 Å². The van der Waals surface area contributed by atoms with Crippen molar-refractivity contribution in [2.75, 3.05) is 0 Å². The minimum absolute atomic E-state index is 0.0553. The van der Waals surface area contributed by atoms with Gasteiger partial charge in [0.2, 0.25) is 5.12 Å². The van der Waals surface area contributed by atoms with E-state index in [0.29, 0.717) is 0 Å². The molecule has 0 bridgehead atoms. The van der Waals surface area contributed by atoms with E-state index in [0.717, 1.165) is 27.2 Å². The Morgan fingerprint density at radius 3 is 2.55 bits per heavy atom. The van der Waals surface area contributed by atoms with Gasteiger partial charge in [0, 0.05) is 15.8 Å². The minimum Gasteiger partial charge on any atom is -0.281 e. The average molecular weight is 307 g/mol. The number of rotatable bonds is 2. The van der Waals surface area contributed by atoms with Crippen LogP contribution < -0.4 is 0 Å². The van der Waals surface area contributed by atoms with Gasteiger partial charge in [-0.2, -0.15) is 0 Å². The second-order valence-corrected chi connectivity index (χ2v) is 8.82. The molecule has 0 radical (unpaired) electrons. The summed E-state index contributed by atoms with van der Waals surface area (Å²) in [7, 11) is 0. The van der Waals surface area contributed by atoms with Gasteiger partial charge >= 0.3 is 0 Å². The summed E-state index contributed by atoms with van der Waals surface area (Å²) in [5, 5.41) is 1.28. The Morgan fingerprint density at radius 1 is 1.35 bits per heavy atom. The van der Waals surface area contributed by atoms with Gasteiger partial charge in [0.25, 0.3) is 0 Å². The highest BCUT2D eigenvalue weighted by Gasteiger charge is 2.21. The molecule has 0 atom stereocenters. The van der Waals surface area contributed by atoms with E-state index in [4.69, 9.17) is 0 Å². The van der Waals surface area contributed by atoms with Crippen molar-refractivity contribution in [2.24, 2.45) is 0 Å². The fraction of sp³-hybridized carbons (Fsp3) is 0.500. The van der Waals surface area contributed by atoms with E-state index in [1.165, 1.54) is 34.2 Å². The number of aromatic nitrogens is 1. The lowest BCUT2D eigenvalue weighted by Crippen LogP contribution is -2.11. The van der Waals surface area contributed by atoms with Crippen LogP contribution in [0.2, 0.25) is 0 Å².